The lowest BCUT2D eigenvalue weighted by Gasteiger charge is -2.34. The van der Waals surface area contributed by atoms with Gasteiger partial charge in [0.2, 0.25) is 5.91 Å². The molecule has 1 saturated heterocycles. The first-order valence-electron chi connectivity index (χ1n) is 4.64. The van der Waals surface area contributed by atoms with Crippen molar-refractivity contribution in [2.75, 3.05) is 19.7 Å². The molecular weight excluding hydrogens is 190 g/mol. The highest BCUT2D eigenvalue weighted by atomic mass is 35.5. The van der Waals surface area contributed by atoms with E-state index in [9.17, 15) is 4.79 Å². The maximum Gasteiger partial charge on any atom is 0.219 e. The Hall–Kier alpha value is -0.280. The van der Waals surface area contributed by atoms with Gasteiger partial charge in [-0.1, -0.05) is 0 Å². The molecule has 3 nitrogen and oxygen atoms in total. The van der Waals surface area contributed by atoms with E-state index < -0.39 is 0 Å². The number of hydrogen-bond acceptors (Lipinski definition) is 2. The molecule has 2 atom stereocenters. The van der Waals surface area contributed by atoms with Crippen LogP contribution in [0.4, 0.5) is 0 Å². The van der Waals surface area contributed by atoms with Gasteiger partial charge in [-0.15, -0.1) is 11.6 Å². The van der Waals surface area contributed by atoms with E-state index in [1.807, 2.05) is 6.92 Å². The molecule has 1 fully saturated rings. The van der Waals surface area contributed by atoms with Crippen LogP contribution in [-0.2, 0) is 9.53 Å². The van der Waals surface area contributed by atoms with Crippen LogP contribution in [0.3, 0.4) is 0 Å². The summed E-state index contributed by atoms with van der Waals surface area (Å²) >= 11 is 6.01. The Morgan fingerprint density at radius 1 is 1.62 bits per heavy atom. The van der Waals surface area contributed by atoms with Crippen molar-refractivity contribution < 1.29 is 9.53 Å². The Balaban J connectivity index is 2.47. The molecule has 0 radical (unpaired) electrons. The Morgan fingerprint density at radius 3 is 2.85 bits per heavy atom. The molecule has 4 heteroatoms. The number of ether oxygens (including phenoxy) is 1. The maximum absolute atomic E-state index is 11.1. The van der Waals surface area contributed by atoms with Crippen molar-refractivity contribution >= 4 is 17.5 Å². The number of halogens is 1. The fourth-order valence-electron chi connectivity index (χ4n) is 1.61. The van der Waals surface area contributed by atoms with Crippen molar-refractivity contribution in [3.8, 4) is 0 Å². The number of hydrogen-bond donors (Lipinski definition) is 0. The number of carbonyl (C=O) groups excluding carboxylic acids is 1. The van der Waals surface area contributed by atoms with Crippen molar-refractivity contribution in [3.05, 3.63) is 0 Å². The minimum Gasteiger partial charge on any atom is -0.377 e. The Labute approximate surface area is 84.0 Å². The number of likely N-dealkylation sites (tertiary alicyclic amines) is 1. The van der Waals surface area contributed by atoms with Gasteiger partial charge in [0.1, 0.15) is 0 Å². The molecule has 76 valence electrons. The predicted octanol–water partition coefficient (Wildman–Crippen LogP) is 1.25. The number of amides is 1. The summed E-state index contributed by atoms with van der Waals surface area (Å²) in [6.07, 6.45) is 0.962. The lowest BCUT2D eigenvalue weighted by Crippen LogP contribution is -2.46. The highest BCUT2D eigenvalue weighted by Crippen LogP contribution is 2.18. The zero-order chi connectivity index (χ0) is 9.84. The molecule has 0 saturated carbocycles. The van der Waals surface area contributed by atoms with Crippen LogP contribution in [0.5, 0.6) is 0 Å². The van der Waals surface area contributed by atoms with Gasteiger partial charge in [0.15, 0.2) is 0 Å². The van der Waals surface area contributed by atoms with Crippen molar-refractivity contribution in [2.45, 2.75) is 31.7 Å². The van der Waals surface area contributed by atoms with Crippen LogP contribution < -0.4 is 0 Å². The first kappa shape index (κ1) is 10.8. The van der Waals surface area contributed by atoms with E-state index in [1.165, 1.54) is 0 Å². The topological polar surface area (TPSA) is 29.5 Å². The van der Waals surface area contributed by atoms with E-state index in [1.54, 1.807) is 11.8 Å². The van der Waals surface area contributed by atoms with Crippen LogP contribution in [0, 0.1) is 0 Å². The van der Waals surface area contributed by atoms with Crippen LogP contribution in [0.25, 0.3) is 0 Å². The molecule has 0 spiro atoms. The fourth-order valence-corrected chi connectivity index (χ4v) is 1.97. The van der Waals surface area contributed by atoms with Crippen LogP contribution in [0.1, 0.15) is 20.3 Å². The molecule has 2 unspecified atom stereocenters. The second kappa shape index (κ2) is 4.82. The predicted molar refractivity (Wildman–Crippen MR) is 51.9 cm³/mol. The highest BCUT2D eigenvalue weighted by Gasteiger charge is 2.27. The lowest BCUT2D eigenvalue weighted by atomic mass is 10.1. The summed E-state index contributed by atoms with van der Waals surface area (Å²) in [7, 11) is 0. The fraction of sp³-hybridized carbons (Fsp3) is 0.889. The zero-order valence-electron chi connectivity index (χ0n) is 8.12. The summed E-state index contributed by atoms with van der Waals surface area (Å²) in [6.45, 7) is 5.54. The molecule has 0 bridgehead atoms. The molecule has 0 aliphatic carbocycles. The molecule has 0 aromatic rings. The van der Waals surface area contributed by atoms with Gasteiger partial charge in [0, 0.05) is 26.6 Å². The average Bonchev–Trinajstić information content (AvgIpc) is 2.03. The Morgan fingerprint density at radius 2 is 2.31 bits per heavy atom. The second-order valence-corrected chi connectivity index (χ2v) is 3.95. The van der Waals surface area contributed by atoms with E-state index in [4.69, 9.17) is 16.3 Å². The smallest absolute Gasteiger partial charge is 0.219 e. The van der Waals surface area contributed by atoms with Crippen molar-refractivity contribution in [1.82, 2.24) is 4.90 Å². The molecule has 0 N–H and O–H groups in total. The number of carbonyl (C=O) groups is 1. The quantitative estimate of drug-likeness (QED) is 0.636. The second-order valence-electron chi connectivity index (χ2n) is 3.33. The van der Waals surface area contributed by atoms with E-state index in [0.717, 1.165) is 6.42 Å². The van der Waals surface area contributed by atoms with Crippen molar-refractivity contribution in [1.29, 1.82) is 0 Å². The maximum atomic E-state index is 11.1. The van der Waals surface area contributed by atoms with Gasteiger partial charge in [-0.2, -0.15) is 0 Å². The monoisotopic (exact) mass is 205 g/mol. The van der Waals surface area contributed by atoms with Crippen LogP contribution in [0.2, 0.25) is 0 Å². The summed E-state index contributed by atoms with van der Waals surface area (Å²) in [6, 6.07) is 0. The summed E-state index contributed by atoms with van der Waals surface area (Å²) in [5, 5.41) is 0.0363. The van der Waals surface area contributed by atoms with Crippen LogP contribution in [0.15, 0.2) is 0 Å². The molecule has 0 aromatic carbocycles. The van der Waals surface area contributed by atoms with Gasteiger partial charge in [0.25, 0.3) is 0 Å². The number of piperidine rings is 1. The molecule has 1 aliphatic rings. The van der Waals surface area contributed by atoms with E-state index in [0.29, 0.717) is 19.7 Å². The average molecular weight is 206 g/mol. The molecule has 1 aliphatic heterocycles. The lowest BCUT2D eigenvalue weighted by molar-refractivity contribution is -0.132. The van der Waals surface area contributed by atoms with Crippen LogP contribution in [-0.4, -0.2) is 42.0 Å². The molecule has 1 amide bonds. The minimum absolute atomic E-state index is 0.0363. The highest BCUT2D eigenvalue weighted by molar-refractivity contribution is 6.21. The molecule has 1 heterocycles. The van der Waals surface area contributed by atoms with Crippen molar-refractivity contribution in [3.63, 3.8) is 0 Å². The molecular formula is C9H16ClNO2. The zero-order valence-corrected chi connectivity index (χ0v) is 8.88. The first-order chi connectivity index (χ1) is 6.13. The van der Waals surface area contributed by atoms with Gasteiger partial charge in [-0.05, 0) is 13.3 Å². The molecule has 13 heavy (non-hydrogen) atoms. The third kappa shape index (κ3) is 3.16. The normalized spacial score (nSPS) is 29.0. The number of rotatable bonds is 2. The Bertz CT molecular complexity index is 186. The number of nitrogens with zero attached hydrogens (tertiary/aromatic N) is 1. The molecule has 0 aromatic heterocycles. The van der Waals surface area contributed by atoms with E-state index in [2.05, 4.69) is 0 Å². The van der Waals surface area contributed by atoms with Gasteiger partial charge < -0.3 is 9.64 Å². The summed E-state index contributed by atoms with van der Waals surface area (Å²) in [4.78, 5) is 12.9. The standard InChI is InChI=1S/C9H16ClNO2/c1-3-13-9-4-8(10)5-11(6-9)7(2)12/h8-9H,3-6H2,1-2H3. The Kier molecular flexibility index (Phi) is 4.00. The van der Waals surface area contributed by atoms with Crippen LogP contribution >= 0.6 is 11.6 Å². The minimum atomic E-state index is 0.0363. The largest absolute Gasteiger partial charge is 0.377 e. The van der Waals surface area contributed by atoms with Gasteiger partial charge in [0.05, 0.1) is 11.5 Å². The van der Waals surface area contributed by atoms with Gasteiger partial charge >= 0.3 is 0 Å². The third-order valence-electron chi connectivity index (χ3n) is 2.21. The van der Waals surface area contributed by atoms with E-state index >= 15 is 0 Å². The summed E-state index contributed by atoms with van der Waals surface area (Å²) < 4.78 is 5.46. The molecule has 1 rings (SSSR count). The van der Waals surface area contributed by atoms with Gasteiger partial charge in [-0.3, -0.25) is 4.79 Å². The first-order valence-corrected chi connectivity index (χ1v) is 5.08. The number of alkyl halides is 1. The summed E-state index contributed by atoms with van der Waals surface area (Å²) in [5.41, 5.74) is 0. The van der Waals surface area contributed by atoms with E-state index in [-0.39, 0.29) is 17.4 Å². The van der Waals surface area contributed by atoms with Crippen molar-refractivity contribution in [2.24, 2.45) is 0 Å². The SMILES string of the molecule is CCOC1CC(Cl)CN(C(C)=O)C1. The van der Waals surface area contributed by atoms with Gasteiger partial charge in [-0.25, -0.2) is 0 Å². The summed E-state index contributed by atoms with van der Waals surface area (Å²) in [5.74, 6) is 0.0788. The third-order valence-corrected chi connectivity index (χ3v) is 2.53.